The quantitative estimate of drug-likeness (QED) is 0.802. The van der Waals surface area contributed by atoms with Gasteiger partial charge in [0.25, 0.3) is 5.91 Å². The van der Waals surface area contributed by atoms with Crippen molar-refractivity contribution in [3.05, 3.63) is 65.2 Å². The van der Waals surface area contributed by atoms with E-state index in [0.29, 0.717) is 0 Å². The summed E-state index contributed by atoms with van der Waals surface area (Å²) in [5, 5.41) is 0. The Balaban J connectivity index is 1.33. The number of para-hydroxylation sites is 1. The maximum absolute atomic E-state index is 13.4. The maximum atomic E-state index is 13.4. The van der Waals surface area contributed by atoms with E-state index in [1.807, 2.05) is 18.2 Å². The van der Waals surface area contributed by atoms with Crippen LogP contribution in [-0.4, -0.2) is 50.2 Å². The molecule has 4 heteroatoms. The van der Waals surface area contributed by atoms with E-state index in [1.165, 1.54) is 24.0 Å². The highest BCUT2D eigenvalue weighted by atomic mass is 16.5. The molecule has 0 aromatic heterocycles. The minimum absolute atomic E-state index is 0.184. The van der Waals surface area contributed by atoms with E-state index in [2.05, 4.69) is 40.1 Å². The number of fused-ring (bicyclic) bond motifs is 2. The minimum Gasteiger partial charge on any atom is -0.378 e. The van der Waals surface area contributed by atoms with Gasteiger partial charge in [0.05, 0.1) is 18.8 Å². The number of piperidine rings is 1. The van der Waals surface area contributed by atoms with Crippen molar-refractivity contribution < 1.29 is 9.53 Å². The summed E-state index contributed by atoms with van der Waals surface area (Å²) in [6.45, 7) is 4.87. The lowest BCUT2D eigenvalue weighted by molar-refractivity contribution is 0.0665. The Kier molecular flexibility index (Phi) is 4.59. The van der Waals surface area contributed by atoms with E-state index in [-0.39, 0.29) is 11.3 Å². The predicted molar refractivity (Wildman–Crippen MR) is 111 cm³/mol. The fourth-order valence-electron chi connectivity index (χ4n) is 5.33. The van der Waals surface area contributed by atoms with E-state index in [1.54, 1.807) is 0 Å². The van der Waals surface area contributed by atoms with Crippen LogP contribution in [0.3, 0.4) is 0 Å². The van der Waals surface area contributed by atoms with E-state index in [0.717, 1.165) is 63.5 Å². The highest BCUT2D eigenvalue weighted by Crippen LogP contribution is 2.46. The second-order valence-corrected chi connectivity index (χ2v) is 8.35. The molecule has 0 radical (unpaired) electrons. The molecule has 4 nitrogen and oxygen atoms in total. The fraction of sp³-hybridized carbons (Fsp3) is 0.458. The van der Waals surface area contributed by atoms with Crippen molar-refractivity contribution in [1.29, 1.82) is 0 Å². The number of nitrogens with zero attached hydrogens (tertiary/aromatic N) is 2. The zero-order chi connectivity index (χ0) is 19.0. The van der Waals surface area contributed by atoms with Crippen molar-refractivity contribution in [2.45, 2.75) is 31.1 Å². The minimum atomic E-state index is 0.184. The van der Waals surface area contributed by atoms with Gasteiger partial charge in [0.2, 0.25) is 0 Å². The van der Waals surface area contributed by atoms with Gasteiger partial charge in [-0.1, -0.05) is 36.4 Å². The summed E-state index contributed by atoms with van der Waals surface area (Å²) in [6, 6.07) is 17.0. The maximum Gasteiger partial charge on any atom is 0.255 e. The molecule has 2 aromatic carbocycles. The molecule has 0 N–H and O–H groups in total. The van der Waals surface area contributed by atoms with E-state index in [4.69, 9.17) is 4.74 Å². The summed E-state index contributed by atoms with van der Waals surface area (Å²) in [5.41, 5.74) is 5.24. The Morgan fingerprint density at radius 2 is 1.57 bits per heavy atom. The van der Waals surface area contributed by atoms with Crippen LogP contribution in [0.5, 0.6) is 0 Å². The molecule has 2 fully saturated rings. The number of hydrogen-bond donors (Lipinski definition) is 0. The molecule has 28 heavy (non-hydrogen) atoms. The van der Waals surface area contributed by atoms with Gasteiger partial charge in [-0.15, -0.1) is 0 Å². The molecular weight excluding hydrogens is 348 g/mol. The van der Waals surface area contributed by atoms with Gasteiger partial charge in [0, 0.05) is 31.9 Å². The van der Waals surface area contributed by atoms with Crippen LogP contribution in [0.1, 0.15) is 40.7 Å². The van der Waals surface area contributed by atoms with Crippen LogP contribution in [0.25, 0.3) is 0 Å². The number of likely N-dealkylation sites (tertiary alicyclic amines) is 1. The summed E-state index contributed by atoms with van der Waals surface area (Å²) < 4.78 is 5.48. The van der Waals surface area contributed by atoms with Gasteiger partial charge in [0.1, 0.15) is 0 Å². The van der Waals surface area contributed by atoms with Crippen molar-refractivity contribution in [3.8, 4) is 0 Å². The Morgan fingerprint density at radius 1 is 0.857 bits per heavy atom. The number of ether oxygens (including phenoxy) is 1. The lowest BCUT2D eigenvalue weighted by atomic mass is 9.74. The Bertz CT molecular complexity index is 864. The number of benzene rings is 2. The molecule has 2 saturated heterocycles. The molecule has 1 aliphatic carbocycles. The van der Waals surface area contributed by atoms with E-state index < -0.39 is 0 Å². The fourth-order valence-corrected chi connectivity index (χ4v) is 5.33. The average molecular weight is 377 g/mol. The first-order chi connectivity index (χ1) is 13.8. The third-order valence-corrected chi connectivity index (χ3v) is 6.96. The van der Waals surface area contributed by atoms with Crippen molar-refractivity contribution in [2.75, 3.05) is 44.3 Å². The van der Waals surface area contributed by atoms with Crippen LogP contribution in [0, 0.1) is 0 Å². The highest BCUT2D eigenvalue weighted by Gasteiger charge is 2.42. The monoisotopic (exact) mass is 376 g/mol. The van der Waals surface area contributed by atoms with Gasteiger partial charge >= 0.3 is 0 Å². The Labute approximate surface area is 167 Å². The lowest BCUT2D eigenvalue weighted by Crippen LogP contribution is -2.45. The van der Waals surface area contributed by atoms with Crippen LogP contribution in [0.4, 0.5) is 5.69 Å². The number of rotatable bonds is 2. The molecule has 1 amide bonds. The molecule has 0 saturated carbocycles. The molecule has 5 rings (SSSR count). The summed E-state index contributed by atoms with van der Waals surface area (Å²) in [5.74, 6) is 0.184. The molecule has 0 bridgehead atoms. The number of anilines is 1. The van der Waals surface area contributed by atoms with Gasteiger partial charge in [0.15, 0.2) is 0 Å². The van der Waals surface area contributed by atoms with Crippen molar-refractivity contribution in [2.24, 2.45) is 0 Å². The van der Waals surface area contributed by atoms with Crippen molar-refractivity contribution in [3.63, 3.8) is 0 Å². The number of carbonyl (C=O) groups excluding carboxylic acids is 1. The third kappa shape index (κ3) is 3.00. The molecule has 1 spiro atoms. The van der Waals surface area contributed by atoms with Gasteiger partial charge in [-0.3, -0.25) is 4.79 Å². The van der Waals surface area contributed by atoms with Gasteiger partial charge < -0.3 is 14.5 Å². The molecule has 3 aliphatic rings. The zero-order valence-electron chi connectivity index (χ0n) is 16.4. The standard InChI is InChI=1S/C24H28N2O2/c27-23(20-6-2-4-8-22(20)25-15-17-28-18-16-25)26-13-11-24(12-14-26)10-9-19-5-1-3-7-21(19)24/h1-8H,9-18H2. The SMILES string of the molecule is O=C(c1ccccc1N1CCOCC1)N1CCC2(CCc3ccccc32)CC1. The number of hydrogen-bond acceptors (Lipinski definition) is 3. The first-order valence-corrected chi connectivity index (χ1v) is 10.6. The summed E-state index contributed by atoms with van der Waals surface area (Å²) in [6.07, 6.45) is 4.58. The van der Waals surface area contributed by atoms with E-state index in [9.17, 15) is 4.79 Å². The average Bonchev–Trinajstić information content (AvgIpc) is 3.13. The lowest BCUT2D eigenvalue weighted by Gasteiger charge is -2.40. The summed E-state index contributed by atoms with van der Waals surface area (Å²) in [7, 11) is 0. The Morgan fingerprint density at radius 3 is 2.39 bits per heavy atom. The zero-order valence-corrected chi connectivity index (χ0v) is 16.4. The van der Waals surface area contributed by atoms with Gasteiger partial charge in [-0.25, -0.2) is 0 Å². The van der Waals surface area contributed by atoms with Crippen LogP contribution in [0.15, 0.2) is 48.5 Å². The third-order valence-electron chi connectivity index (χ3n) is 6.96. The molecule has 2 heterocycles. The largest absolute Gasteiger partial charge is 0.378 e. The molecule has 0 atom stereocenters. The number of aryl methyl sites for hydroxylation is 1. The van der Waals surface area contributed by atoms with Crippen molar-refractivity contribution >= 4 is 11.6 Å². The van der Waals surface area contributed by atoms with Crippen LogP contribution < -0.4 is 4.90 Å². The molecule has 146 valence electrons. The van der Waals surface area contributed by atoms with E-state index >= 15 is 0 Å². The summed E-state index contributed by atoms with van der Waals surface area (Å²) in [4.78, 5) is 17.7. The van der Waals surface area contributed by atoms with Gasteiger partial charge in [-0.2, -0.15) is 0 Å². The first kappa shape index (κ1) is 17.7. The molecule has 2 aliphatic heterocycles. The van der Waals surface area contributed by atoms with Crippen LogP contribution >= 0.6 is 0 Å². The first-order valence-electron chi connectivity index (χ1n) is 10.6. The molecular formula is C24H28N2O2. The second-order valence-electron chi connectivity index (χ2n) is 8.35. The van der Waals surface area contributed by atoms with Crippen molar-refractivity contribution in [1.82, 2.24) is 4.90 Å². The van der Waals surface area contributed by atoms with Crippen LogP contribution in [-0.2, 0) is 16.6 Å². The predicted octanol–water partition coefficient (Wildman–Crippen LogP) is 3.64. The molecule has 2 aromatic rings. The smallest absolute Gasteiger partial charge is 0.255 e. The molecule has 0 unspecified atom stereocenters. The topological polar surface area (TPSA) is 32.8 Å². The highest BCUT2D eigenvalue weighted by molar-refractivity contribution is 6.00. The van der Waals surface area contributed by atoms with Crippen LogP contribution in [0.2, 0.25) is 0 Å². The van der Waals surface area contributed by atoms with Gasteiger partial charge in [-0.05, 0) is 54.4 Å². The normalized spacial score (nSPS) is 21.0. The second kappa shape index (κ2) is 7.25. The number of carbonyl (C=O) groups is 1. The summed E-state index contributed by atoms with van der Waals surface area (Å²) >= 11 is 0. The number of morpholine rings is 1. The number of amides is 1. The Hall–Kier alpha value is -2.33.